The van der Waals surface area contributed by atoms with Crippen molar-refractivity contribution in [2.45, 2.75) is 33.6 Å². The molecular weight excluding hydrogens is 272 g/mol. The molecule has 0 spiro atoms. The van der Waals surface area contributed by atoms with E-state index in [-0.39, 0.29) is 5.97 Å². The topological polar surface area (TPSA) is 61.8 Å². The van der Waals surface area contributed by atoms with Gasteiger partial charge in [0.25, 0.3) is 0 Å². The zero-order valence-electron chi connectivity index (χ0n) is 12.8. The van der Waals surface area contributed by atoms with Gasteiger partial charge in [0.05, 0.1) is 19.8 Å². The van der Waals surface area contributed by atoms with Crippen LogP contribution in [0.3, 0.4) is 0 Å². The van der Waals surface area contributed by atoms with Gasteiger partial charge in [-0.2, -0.15) is 0 Å². The maximum absolute atomic E-state index is 11.8. The standard InChI is InChI=1S/C16H22O5/c1-4-19-14-11-12(8-10-15(17)20-5-2)7-9-13(14)16(18)21-6-3/h7,9,11H,4-6,8,10H2,1-3H3. The van der Waals surface area contributed by atoms with Crippen molar-refractivity contribution in [2.75, 3.05) is 19.8 Å². The summed E-state index contributed by atoms with van der Waals surface area (Å²) in [5, 5.41) is 0. The first-order chi connectivity index (χ1) is 10.1. The Morgan fingerprint density at radius 1 is 1.00 bits per heavy atom. The molecule has 0 aliphatic carbocycles. The molecule has 0 saturated carbocycles. The molecule has 0 bridgehead atoms. The van der Waals surface area contributed by atoms with Gasteiger partial charge >= 0.3 is 11.9 Å². The molecule has 0 amide bonds. The number of rotatable bonds is 8. The van der Waals surface area contributed by atoms with Crippen molar-refractivity contribution in [3.63, 3.8) is 0 Å². The van der Waals surface area contributed by atoms with E-state index < -0.39 is 5.97 Å². The van der Waals surface area contributed by atoms with E-state index in [2.05, 4.69) is 0 Å². The van der Waals surface area contributed by atoms with Gasteiger partial charge < -0.3 is 14.2 Å². The highest BCUT2D eigenvalue weighted by Crippen LogP contribution is 2.22. The van der Waals surface area contributed by atoms with Crippen molar-refractivity contribution in [1.29, 1.82) is 0 Å². The summed E-state index contributed by atoms with van der Waals surface area (Å²) in [5.74, 6) is -0.153. The van der Waals surface area contributed by atoms with Gasteiger partial charge in [0.1, 0.15) is 11.3 Å². The van der Waals surface area contributed by atoms with Gasteiger partial charge in [0, 0.05) is 6.42 Å². The number of carbonyl (C=O) groups is 2. The molecule has 0 fully saturated rings. The van der Waals surface area contributed by atoms with Crippen molar-refractivity contribution in [1.82, 2.24) is 0 Å². The number of hydrogen-bond acceptors (Lipinski definition) is 5. The summed E-state index contributed by atoms with van der Waals surface area (Å²) >= 11 is 0. The van der Waals surface area contributed by atoms with E-state index in [0.29, 0.717) is 44.0 Å². The minimum Gasteiger partial charge on any atom is -0.493 e. The molecule has 0 aromatic heterocycles. The smallest absolute Gasteiger partial charge is 0.341 e. The molecule has 5 nitrogen and oxygen atoms in total. The maximum Gasteiger partial charge on any atom is 0.341 e. The SMILES string of the molecule is CCOC(=O)CCc1ccc(C(=O)OCC)c(OCC)c1. The molecule has 0 atom stereocenters. The van der Waals surface area contributed by atoms with Crippen LogP contribution >= 0.6 is 0 Å². The minimum atomic E-state index is -0.405. The van der Waals surface area contributed by atoms with Crippen molar-refractivity contribution >= 4 is 11.9 Å². The van der Waals surface area contributed by atoms with Crippen LogP contribution in [0.4, 0.5) is 0 Å². The largest absolute Gasteiger partial charge is 0.493 e. The normalized spacial score (nSPS) is 10.0. The summed E-state index contributed by atoms with van der Waals surface area (Å²) in [4.78, 5) is 23.2. The number of hydrogen-bond donors (Lipinski definition) is 0. The van der Waals surface area contributed by atoms with Crippen molar-refractivity contribution in [3.8, 4) is 5.75 Å². The monoisotopic (exact) mass is 294 g/mol. The fraction of sp³-hybridized carbons (Fsp3) is 0.500. The van der Waals surface area contributed by atoms with Crippen molar-refractivity contribution < 1.29 is 23.8 Å². The van der Waals surface area contributed by atoms with E-state index in [9.17, 15) is 9.59 Å². The second kappa shape index (κ2) is 9.00. The summed E-state index contributed by atoms with van der Waals surface area (Å²) in [7, 11) is 0. The third kappa shape index (κ3) is 5.45. The van der Waals surface area contributed by atoms with Crippen LogP contribution < -0.4 is 4.74 Å². The molecule has 116 valence electrons. The van der Waals surface area contributed by atoms with Gasteiger partial charge in [-0.3, -0.25) is 4.79 Å². The van der Waals surface area contributed by atoms with E-state index in [1.807, 2.05) is 6.92 Å². The first-order valence-corrected chi connectivity index (χ1v) is 7.20. The minimum absolute atomic E-state index is 0.232. The molecule has 0 N–H and O–H groups in total. The summed E-state index contributed by atoms with van der Waals surface area (Å²) in [5.41, 5.74) is 1.32. The van der Waals surface area contributed by atoms with E-state index in [4.69, 9.17) is 14.2 Å². The molecule has 1 aromatic carbocycles. The van der Waals surface area contributed by atoms with Crippen LogP contribution in [-0.4, -0.2) is 31.8 Å². The highest BCUT2D eigenvalue weighted by molar-refractivity contribution is 5.92. The Balaban J connectivity index is 2.82. The van der Waals surface area contributed by atoms with Crippen LogP contribution in [-0.2, 0) is 20.7 Å². The van der Waals surface area contributed by atoms with Gasteiger partial charge in [-0.15, -0.1) is 0 Å². The second-order valence-electron chi connectivity index (χ2n) is 4.29. The highest BCUT2D eigenvalue weighted by atomic mass is 16.5. The fourth-order valence-corrected chi connectivity index (χ4v) is 1.85. The number of benzene rings is 1. The van der Waals surface area contributed by atoms with E-state index >= 15 is 0 Å². The lowest BCUT2D eigenvalue weighted by molar-refractivity contribution is -0.143. The van der Waals surface area contributed by atoms with Gasteiger partial charge in [-0.05, 0) is 44.9 Å². The van der Waals surface area contributed by atoms with Gasteiger partial charge in [0.15, 0.2) is 0 Å². The van der Waals surface area contributed by atoms with Crippen LogP contribution in [0.5, 0.6) is 5.75 Å². The van der Waals surface area contributed by atoms with Crippen LogP contribution in [0.15, 0.2) is 18.2 Å². The second-order valence-corrected chi connectivity index (χ2v) is 4.29. The Kier molecular flexibility index (Phi) is 7.29. The molecule has 0 saturated heterocycles. The molecule has 5 heteroatoms. The molecule has 0 aliphatic heterocycles. The summed E-state index contributed by atoms with van der Waals surface area (Å²) in [6, 6.07) is 5.24. The van der Waals surface area contributed by atoms with E-state index in [1.54, 1.807) is 32.0 Å². The Labute approximate surface area is 125 Å². The molecule has 0 aliphatic rings. The predicted octanol–water partition coefficient (Wildman–Crippen LogP) is 2.76. The number of aryl methyl sites for hydroxylation is 1. The Morgan fingerprint density at radius 3 is 2.33 bits per heavy atom. The highest BCUT2D eigenvalue weighted by Gasteiger charge is 2.14. The first kappa shape index (κ1) is 17.0. The summed E-state index contributed by atoms with van der Waals surface area (Å²) < 4.78 is 15.4. The van der Waals surface area contributed by atoms with Gasteiger partial charge in [0.2, 0.25) is 0 Å². The van der Waals surface area contributed by atoms with Crippen molar-refractivity contribution in [2.24, 2.45) is 0 Å². The van der Waals surface area contributed by atoms with Crippen LogP contribution in [0.2, 0.25) is 0 Å². The lowest BCUT2D eigenvalue weighted by atomic mass is 10.1. The fourth-order valence-electron chi connectivity index (χ4n) is 1.85. The average Bonchev–Trinajstić information content (AvgIpc) is 2.46. The molecule has 1 rings (SSSR count). The van der Waals surface area contributed by atoms with E-state index in [1.165, 1.54) is 0 Å². The Bertz CT molecular complexity index is 482. The lowest BCUT2D eigenvalue weighted by Gasteiger charge is -2.11. The number of ether oxygens (including phenoxy) is 3. The van der Waals surface area contributed by atoms with Crippen LogP contribution in [0.1, 0.15) is 43.1 Å². The first-order valence-electron chi connectivity index (χ1n) is 7.20. The molecule has 21 heavy (non-hydrogen) atoms. The summed E-state index contributed by atoms with van der Waals surface area (Å²) in [6.45, 7) is 6.53. The third-order valence-electron chi connectivity index (χ3n) is 2.76. The molecule has 0 radical (unpaired) electrons. The van der Waals surface area contributed by atoms with Gasteiger partial charge in [-0.1, -0.05) is 6.07 Å². The molecule has 0 heterocycles. The molecule has 1 aromatic rings. The Morgan fingerprint density at radius 2 is 1.71 bits per heavy atom. The zero-order valence-corrected chi connectivity index (χ0v) is 12.8. The Hall–Kier alpha value is -2.04. The van der Waals surface area contributed by atoms with Gasteiger partial charge in [-0.25, -0.2) is 4.79 Å². The van der Waals surface area contributed by atoms with Crippen molar-refractivity contribution in [3.05, 3.63) is 29.3 Å². The van der Waals surface area contributed by atoms with E-state index in [0.717, 1.165) is 5.56 Å². The molecule has 0 unspecified atom stereocenters. The average molecular weight is 294 g/mol. The zero-order chi connectivity index (χ0) is 15.7. The number of esters is 2. The third-order valence-corrected chi connectivity index (χ3v) is 2.76. The molecular formula is C16H22O5. The van der Waals surface area contributed by atoms with Crippen LogP contribution in [0.25, 0.3) is 0 Å². The number of carbonyl (C=O) groups excluding carboxylic acids is 2. The summed E-state index contributed by atoms with van der Waals surface area (Å²) in [6.07, 6.45) is 0.847. The quantitative estimate of drug-likeness (QED) is 0.690. The van der Waals surface area contributed by atoms with Crippen LogP contribution in [0, 0.1) is 0 Å². The lowest BCUT2D eigenvalue weighted by Crippen LogP contribution is -2.09. The predicted molar refractivity (Wildman–Crippen MR) is 78.5 cm³/mol. The maximum atomic E-state index is 11.8.